The highest BCUT2D eigenvalue weighted by molar-refractivity contribution is 9.10. The van der Waals surface area contributed by atoms with Crippen molar-refractivity contribution in [2.24, 2.45) is 0 Å². The predicted octanol–water partition coefficient (Wildman–Crippen LogP) is 3.13. The largest absolute Gasteiger partial charge is 0.480 e. The molecule has 19 heavy (non-hydrogen) atoms. The molecule has 0 saturated carbocycles. The van der Waals surface area contributed by atoms with E-state index in [0.717, 1.165) is 10.0 Å². The maximum Gasteiger partial charge on any atom is 0.329 e. The molecule has 0 aromatic heterocycles. The van der Waals surface area contributed by atoms with Crippen molar-refractivity contribution in [3.05, 3.63) is 28.2 Å². The fraction of sp³-hybridized carbons (Fsp3) is 0.385. The fourth-order valence-electron chi connectivity index (χ4n) is 1.43. The van der Waals surface area contributed by atoms with Crippen LogP contribution in [0.2, 0.25) is 0 Å². The predicted molar refractivity (Wildman–Crippen MR) is 77.4 cm³/mol. The molecule has 0 aliphatic heterocycles. The number of benzene rings is 1. The molecule has 6 heteroatoms. The van der Waals surface area contributed by atoms with Crippen LogP contribution in [0, 0.1) is 6.92 Å². The van der Waals surface area contributed by atoms with Crippen molar-refractivity contribution in [3.63, 3.8) is 0 Å². The van der Waals surface area contributed by atoms with Crippen molar-refractivity contribution >= 4 is 33.6 Å². The van der Waals surface area contributed by atoms with Gasteiger partial charge in [0.1, 0.15) is 5.54 Å². The van der Waals surface area contributed by atoms with Gasteiger partial charge in [-0.3, -0.25) is 0 Å². The number of hydrogen-bond acceptors (Lipinski definition) is 2. The molecular formula is C13H17BrN2O3. The van der Waals surface area contributed by atoms with E-state index >= 15 is 0 Å². The SMILES string of the molecule is CCC(C)(NC(=O)Nc1cc(Br)ccc1C)C(=O)O. The molecule has 1 aromatic rings. The number of rotatable bonds is 4. The van der Waals surface area contributed by atoms with Crippen molar-refractivity contribution in [2.75, 3.05) is 5.32 Å². The van der Waals surface area contributed by atoms with Gasteiger partial charge in [-0.05, 0) is 38.0 Å². The molecule has 3 N–H and O–H groups in total. The quantitative estimate of drug-likeness (QED) is 0.794. The van der Waals surface area contributed by atoms with Crippen LogP contribution in [0.1, 0.15) is 25.8 Å². The zero-order valence-corrected chi connectivity index (χ0v) is 12.7. The summed E-state index contributed by atoms with van der Waals surface area (Å²) in [5, 5.41) is 14.2. The molecule has 0 radical (unpaired) electrons. The Morgan fingerprint density at radius 2 is 2.05 bits per heavy atom. The molecular weight excluding hydrogens is 312 g/mol. The van der Waals surface area contributed by atoms with E-state index in [1.54, 1.807) is 13.0 Å². The average Bonchev–Trinajstić information content (AvgIpc) is 2.33. The van der Waals surface area contributed by atoms with Crippen molar-refractivity contribution < 1.29 is 14.7 Å². The van der Waals surface area contributed by atoms with Crippen LogP contribution >= 0.6 is 15.9 Å². The maximum absolute atomic E-state index is 11.9. The first-order chi connectivity index (χ1) is 8.78. The number of amides is 2. The average molecular weight is 329 g/mol. The first-order valence-corrected chi connectivity index (χ1v) is 6.66. The highest BCUT2D eigenvalue weighted by Crippen LogP contribution is 2.20. The number of hydrogen-bond donors (Lipinski definition) is 3. The second-order valence-electron chi connectivity index (χ2n) is 4.53. The van der Waals surface area contributed by atoms with Crippen LogP contribution in [-0.2, 0) is 4.79 Å². The Morgan fingerprint density at radius 3 is 2.58 bits per heavy atom. The van der Waals surface area contributed by atoms with Crippen molar-refractivity contribution in [1.29, 1.82) is 0 Å². The number of carboxylic acids is 1. The lowest BCUT2D eigenvalue weighted by Gasteiger charge is -2.24. The van der Waals surface area contributed by atoms with Gasteiger partial charge in [-0.1, -0.05) is 28.9 Å². The third-order valence-corrected chi connectivity index (χ3v) is 3.51. The molecule has 0 heterocycles. The van der Waals surface area contributed by atoms with Gasteiger partial charge < -0.3 is 15.7 Å². The molecule has 0 bridgehead atoms. The van der Waals surface area contributed by atoms with Gasteiger partial charge in [-0.15, -0.1) is 0 Å². The minimum atomic E-state index is -1.27. The third-order valence-electron chi connectivity index (χ3n) is 3.02. The van der Waals surface area contributed by atoms with Crippen LogP contribution in [0.25, 0.3) is 0 Å². The highest BCUT2D eigenvalue weighted by atomic mass is 79.9. The Balaban J connectivity index is 2.80. The Bertz CT molecular complexity index is 505. The van der Waals surface area contributed by atoms with E-state index in [-0.39, 0.29) is 0 Å². The summed E-state index contributed by atoms with van der Waals surface area (Å²) in [6, 6.07) is 4.95. The van der Waals surface area contributed by atoms with Crippen molar-refractivity contribution in [3.8, 4) is 0 Å². The van der Waals surface area contributed by atoms with Crippen LogP contribution in [0.3, 0.4) is 0 Å². The summed E-state index contributed by atoms with van der Waals surface area (Å²) in [5.74, 6) is -1.06. The molecule has 0 aliphatic rings. The van der Waals surface area contributed by atoms with Crippen molar-refractivity contribution in [1.82, 2.24) is 5.32 Å². The summed E-state index contributed by atoms with van der Waals surface area (Å²) < 4.78 is 0.838. The number of anilines is 1. The Hall–Kier alpha value is -1.56. The molecule has 5 nitrogen and oxygen atoms in total. The Kier molecular flexibility index (Phi) is 4.94. The number of carboxylic acid groups (broad SMARTS) is 1. The van der Waals surface area contributed by atoms with E-state index in [4.69, 9.17) is 5.11 Å². The zero-order valence-electron chi connectivity index (χ0n) is 11.1. The number of aliphatic carboxylic acids is 1. The van der Waals surface area contributed by atoms with Crippen LogP contribution in [0.4, 0.5) is 10.5 Å². The maximum atomic E-state index is 11.9. The van der Waals surface area contributed by atoms with Gasteiger partial charge in [-0.25, -0.2) is 9.59 Å². The number of carbonyl (C=O) groups is 2. The smallest absolute Gasteiger partial charge is 0.329 e. The normalized spacial score (nSPS) is 13.5. The van der Waals surface area contributed by atoms with Crippen LogP contribution < -0.4 is 10.6 Å². The van der Waals surface area contributed by atoms with Gasteiger partial charge in [0.05, 0.1) is 0 Å². The molecule has 1 unspecified atom stereocenters. The van der Waals surface area contributed by atoms with Gasteiger partial charge in [0.25, 0.3) is 0 Å². The standard InChI is InChI=1S/C13H17BrN2O3/c1-4-13(3,11(17)18)16-12(19)15-10-7-9(14)6-5-8(10)2/h5-7H,4H2,1-3H3,(H,17,18)(H2,15,16,19). The summed E-state index contributed by atoms with van der Waals surface area (Å²) >= 11 is 3.32. The minimum Gasteiger partial charge on any atom is -0.480 e. The number of halogens is 1. The van der Waals surface area contributed by atoms with Crippen LogP contribution in [0.5, 0.6) is 0 Å². The van der Waals surface area contributed by atoms with Crippen molar-refractivity contribution in [2.45, 2.75) is 32.7 Å². The van der Waals surface area contributed by atoms with Gasteiger partial charge in [0, 0.05) is 10.2 Å². The number of aryl methyl sites for hydroxylation is 1. The molecule has 104 valence electrons. The minimum absolute atomic E-state index is 0.299. The number of carbonyl (C=O) groups excluding carboxylic acids is 1. The van der Waals surface area contributed by atoms with Gasteiger partial charge in [0.15, 0.2) is 0 Å². The van der Waals surface area contributed by atoms with Gasteiger partial charge in [-0.2, -0.15) is 0 Å². The summed E-state index contributed by atoms with van der Waals surface area (Å²) in [5.41, 5.74) is 0.256. The second-order valence-corrected chi connectivity index (χ2v) is 5.44. The monoisotopic (exact) mass is 328 g/mol. The molecule has 0 spiro atoms. The van der Waals surface area contributed by atoms with E-state index in [2.05, 4.69) is 26.6 Å². The lowest BCUT2D eigenvalue weighted by molar-refractivity contribution is -0.143. The first kappa shape index (κ1) is 15.5. The van der Waals surface area contributed by atoms with Crippen LogP contribution in [-0.4, -0.2) is 22.6 Å². The molecule has 0 aliphatic carbocycles. The van der Waals surface area contributed by atoms with E-state index < -0.39 is 17.5 Å². The summed E-state index contributed by atoms with van der Waals surface area (Å²) in [7, 11) is 0. The highest BCUT2D eigenvalue weighted by Gasteiger charge is 2.32. The third kappa shape index (κ3) is 3.96. The first-order valence-electron chi connectivity index (χ1n) is 5.87. The lowest BCUT2D eigenvalue weighted by atomic mass is 10.00. The van der Waals surface area contributed by atoms with E-state index in [1.165, 1.54) is 6.92 Å². The number of urea groups is 1. The summed E-state index contributed by atoms with van der Waals surface area (Å²) in [6.07, 6.45) is 0.299. The molecule has 0 saturated heterocycles. The van der Waals surface area contributed by atoms with Crippen LogP contribution in [0.15, 0.2) is 22.7 Å². The second kappa shape index (κ2) is 6.06. The van der Waals surface area contributed by atoms with E-state index in [1.807, 2.05) is 19.1 Å². The fourth-order valence-corrected chi connectivity index (χ4v) is 1.79. The molecule has 1 atom stereocenters. The molecule has 0 fully saturated rings. The van der Waals surface area contributed by atoms with E-state index in [0.29, 0.717) is 12.1 Å². The Morgan fingerprint density at radius 1 is 1.42 bits per heavy atom. The number of nitrogens with one attached hydrogen (secondary N) is 2. The topological polar surface area (TPSA) is 78.4 Å². The van der Waals surface area contributed by atoms with Gasteiger partial charge >= 0.3 is 12.0 Å². The zero-order chi connectivity index (χ0) is 14.6. The Labute approximate surface area is 120 Å². The lowest BCUT2D eigenvalue weighted by Crippen LogP contribution is -2.53. The van der Waals surface area contributed by atoms with E-state index in [9.17, 15) is 9.59 Å². The summed E-state index contributed by atoms with van der Waals surface area (Å²) in [4.78, 5) is 23.0. The molecule has 2 amide bonds. The molecule has 1 rings (SSSR count). The summed E-state index contributed by atoms with van der Waals surface area (Å²) in [6.45, 7) is 5.04. The van der Waals surface area contributed by atoms with Gasteiger partial charge in [0.2, 0.25) is 0 Å². The molecule has 1 aromatic carbocycles.